The number of benzene rings is 2. The first-order valence-corrected chi connectivity index (χ1v) is 11.3. The van der Waals surface area contributed by atoms with Crippen LogP contribution in [0.3, 0.4) is 0 Å². The van der Waals surface area contributed by atoms with Crippen LogP contribution in [0.4, 0.5) is 17.5 Å². The number of nitrogens with zero attached hydrogens (tertiary/aromatic N) is 2. The first-order valence-electron chi connectivity index (χ1n) is 11.3. The summed E-state index contributed by atoms with van der Waals surface area (Å²) in [6.45, 7) is 0. The molecule has 0 bridgehead atoms. The lowest BCUT2D eigenvalue weighted by molar-refractivity contribution is 0.100. The quantitative estimate of drug-likeness (QED) is 0.398. The molecular formula is C25H30N6O3. The zero-order valence-electron chi connectivity index (χ0n) is 19.4. The summed E-state index contributed by atoms with van der Waals surface area (Å²) in [5.41, 5.74) is 14.5. The number of nitrogens with one attached hydrogen (secondary N) is 2. The van der Waals surface area contributed by atoms with Gasteiger partial charge in [-0.1, -0.05) is 25.0 Å². The van der Waals surface area contributed by atoms with Gasteiger partial charge in [-0.25, -0.2) is 4.98 Å². The van der Waals surface area contributed by atoms with Crippen LogP contribution in [0.1, 0.15) is 36.0 Å². The van der Waals surface area contributed by atoms with Gasteiger partial charge in [0.25, 0.3) is 5.91 Å². The molecule has 0 saturated heterocycles. The summed E-state index contributed by atoms with van der Waals surface area (Å²) in [5.74, 6) is 1.55. The van der Waals surface area contributed by atoms with Crippen LogP contribution in [-0.2, 0) is 0 Å². The second kappa shape index (κ2) is 10.4. The third kappa shape index (κ3) is 5.20. The highest BCUT2D eigenvalue weighted by atomic mass is 16.5. The lowest BCUT2D eigenvalue weighted by Gasteiger charge is -2.29. The van der Waals surface area contributed by atoms with E-state index in [9.17, 15) is 4.79 Å². The van der Waals surface area contributed by atoms with E-state index in [0.717, 1.165) is 48.2 Å². The molecule has 0 aliphatic heterocycles. The maximum absolute atomic E-state index is 12.0. The van der Waals surface area contributed by atoms with Crippen LogP contribution in [-0.4, -0.2) is 42.2 Å². The van der Waals surface area contributed by atoms with Crippen LogP contribution in [0, 0.1) is 0 Å². The smallest absolute Gasteiger partial charge is 0.254 e. The molecular weight excluding hydrogens is 432 g/mol. The molecule has 178 valence electrons. The minimum atomic E-state index is -0.617. The molecule has 1 aliphatic carbocycles. The molecule has 6 N–H and O–H groups in total. The number of rotatable bonds is 8. The van der Waals surface area contributed by atoms with Crippen molar-refractivity contribution in [2.45, 2.75) is 37.8 Å². The molecule has 2 atom stereocenters. The summed E-state index contributed by atoms with van der Waals surface area (Å²) in [7, 11) is 3.25. The molecule has 0 spiro atoms. The fourth-order valence-electron chi connectivity index (χ4n) is 4.17. The van der Waals surface area contributed by atoms with Crippen molar-refractivity contribution < 1.29 is 14.3 Å². The maximum atomic E-state index is 12.0. The fraction of sp³-hybridized carbons (Fsp3) is 0.320. The minimum absolute atomic E-state index is 0.0408. The van der Waals surface area contributed by atoms with Crippen molar-refractivity contribution in [3.05, 3.63) is 54.2 Å². The molecule has 1 amide bonds. The lowest BCUT2D eigenvalue weighted by Crippen LogP contribution is -2.43. The molecule has 0 unspecified atom stereocenters. The van der Waals surface area contributed by atoms with Gasteiger partial charge in [0.05, 0.1) is 14.2 Å². The Hall–Kier alpha value is -3.85. The van der Waals surface area contributed by atoms with Gasteiger partial charge in [-0.15, -0.1) is 0 Å². The van der Waals surface area contributed by atoms with Crippen molar-refractivity contribution in [3.8, 4) is 22.6 Å². The Kier molecular flexibility index (Phi) is 7.12. The first kappa shape index (κ1) is 23.3. The topological polar surface area (TPSA) is 137 Å². The van der Waals surface area contributed by atoms with Gasteiger partial charge in [-0.2, -0.15) is 4.98 Å². The summed E-state index contributed by atoms with van der Waals surface area (Å²) in [4.78, 5) is 20.9. The van der Waals surface area contributed by atoms with Crippen LogP contribution in [0.5, 0.6) is 11.5 Å². The molecule has 9 heteroatoms. The molecule has 1 fully saturated rings. The Morgan fingerprint density at radius 3 is 2.65 bits per heavy atom. The predicted octanol–water partition coefficient (Wildman–Crippen LogP) is 3.69. The zero-order valence-corrected chi connectivity index (χ0v) is 19.4. The molecule has 2 aromatic carbocycles. The third-order valence-corrected chi connectivity index (χ3v) is 6.03. The zero-order chi connectivity index (χ0) is 24.1. The van der Waals surface area contributed by atoms with E-state index in [1.54, 1.807) is 14.2 Å². The van der Waals surface area contributed by atoms with E-state index in [1.807, 2.05) is 42.5 Å². The van der Waals surface area contributed by atoms with Crippen molar-refractivity contribution in [2.24, 2.45) is 11.5 Å². The van der Waals surface area contributed by atoms with E-state index >= 15 is 0 Å². The monoisotopic (exact) mass is 462 g/mol. The van der Waals surface area contributed by atoms with Crippen molar-refractivity contribution >= 4 is 23.4 Å². The van der Waals surface area contributed by atoms with E-state index in [4.69, 9.17) is 20.9 Å². The van der Waals surface area contributed by atoms with Gasteiger partial charge < -0.3 is 31.6 Å². The second-order valence-corrected chi connectivity index (χ2v) is 8.29. The highest BCUT2D eigenvalue weighted by molar-refractivity contribution is 5.98. The van der Waals surface area contributed by atoms with Crippen molar-refractivity contribution in [1.29, 1.82) is 0 Å². The highest BCUT2D eigenvalue weighted by Gasteiger charge is 2.23. The third-order valence-electron chi connectivity index (χ3n) is 6.03. The number of carbonyl (C=O) groups excluding carboxylic acids is 1. The number of hydrogen-bond acceptors (Lipinski definition) is 8. The molecule has 1 aliphatic rings. The summed E-state index contributed by atoms with van der Waals surface area (Å²) in [6, 6.07) is 13.4. The van der Waals surface area contributed by atoms with Crippen molar-refractivity contribution in [3.63, 3.8) is 0 Å². The normalized spacial score (nSPS) is 17.6. The molecule has 1 aromatic heterocycles. The van der Waals surface area contributed by atoms with Gasteiger partial charge in [-0.05, 0) is 48.7 Å². The van der Waals surface area contributed by atoms with Crippen molar-refractivity contribution in [2.75, 3.05) is 24.9 Å². The maximum Gasteiger partial charge on any atom is 0.254 e. The highest BCUT2D eigenvalue weighted by Crippen LogP contribution is 2.35. The number of nitrogens with two attached hydrogens (primary N) is 2. The van der Waals surface area contributed by atoms with E-state index in [1.165, 1.54) is 6.20 Å². The van der Waals surface area contributed by atoms with E-state index in [-0.39, 0.29) is 17.6 Å². The SMILES string of the molecule is COc1ccc(OC)c(-c2cccc(Nc3nc(N[C@@H]4CCCC[C@@H]4N)ncc3C(N)=O)c2)c1. The summed E-state index contributed by atoms with van der Waals surface area (Å²) in [6.07, 6.45) is 5.58. The first-order chi connectivity index (χ1) is 16.5. The Bertz CT molecular complexity index is 1170. The number of anilines is 3. The molecule has 34 heavy (non-hydrogen) atoms. The van der Waals surface area contributed by atoms with Crippen LogP contribution in [0.2, 0.25) is 0 Å². The van der Waals surface area contributed by atoms with Gasteiger partial charge in [0.2, 0.25) is 5.95 Å². The van der Waals surface area contributed by atoms with Gasteiger partial charge in [0.1, 0.15) is 22.9 Å². The Morgan fingerprint density at radius 2 is 1.91 bits per heavy atom. The van der Waals surface area contributed by atoms with Crippen LogP contribution < -0.4 is 31.6 Å². The van der Waals surface area contributed by atoms with Gasteiger partial charge >= 0.3 is 0 Å². The Morgan fingerprint density at radius 1 is 1.09 bits per heavy atom. The van der Waals surface area contributed by atoms with Gasteiger partial charge in [-0.3, -0.25) is 4.79 Å². The minimum Gasteiger partial charge on any atom is -0.497 e. The van der Waals surface area contributed by atoms with Crippen LogP contribution >= 0.6 is 0 Å². The Labute approximate surface area is 198 Å². The Balaban J connectivity index is 1.64. The number of primary amides is 1. The second-order valence-electron chi connectivity index (χ2n) is 8.29. The average molecular weight is 463 g/mol. The summed E-state index contributed by atoms with van der Waals surface area (Å²) < 4.78 is 10.9. The molecule has 3 aromatic rings. The molecule has 0 radical (unpaired) electrons. The lowest BCUT2D eigenvalue weighted by atomic mass is 9.91. The number of methoxy groups -OCH3 is 2. The van der Waals surface area contributed by atoms with Crippen LogP contribution in [0.15, 0.2) is 48.7 Å². The van der Waals surface area contributed by atoms with Crippen molar-refractivity contribution in [1.82, 2.24) is 9.97 Å². The molecule has 4 rings (SSSR count). The van der Waals surface area contributed by atoms with E-state index < -0.39 is 5.91 Å². The predicted molar refractivity (Wildman–Crippen MR) is 133 cm³/mol. The molecule has 1 heterocycles. The van der Waals surface area contributed by atoms with Gasteiger partial charge in [0, 0.05) is 29.5 Å². The molecule has 9 nitrogen and oxygen atoms in total. The summed E-state index contributed by atoms with van der Waals surface area (Å²) in [5, 5.41) is 6.54. The number of amides is 1. The number of hydrogen-bond donors (Lipinski definition) is 4. The number of aromatic nitrogens is 2. The number of ether oxygens (including phenoxy) is 2. The average Bonchev–Trinajstić information content (AvgIpc) is 2.85. The molecule has 1 saturated carbocycles. The van der Waals surface area contributed by atoms with E-state index in [0.29, 0.717) is 17.5 Å². The fourth-order valence-corrected chi connectivity index (χ4v) is 4.17. The van der Waals surface area contributed by atoms with E-state index in [2.05, 4.69) is 20.6 Å². The largest absolute Gasteiger partial charge is 0.497 e. The standard InChI is InChI=1S/C25H30N6O3/c1-33-17-10-11-22(34-2)18(13-17)15-6-5-7-16(12-15)29-24-19(23(27)32)14-28-25(31-24)30-21-9-4-3-8-20(21)26/h5-7,10-14,20-21H,3-4,8-9,26H2,1-2H3,(H2,27,32)(H2,28,29,30,31)/t20-,21+/m0/s1. The van der Waals surface area contributed by atoms with Gasteiger partial charge in [0.15, 0.2) is 0 Å². The van der Waals surface area contributed by atoms with Crippen LogP contribution in [0.25, 0.3) is 11.1 Å². The summed E-state index contributed by atoms with van der Waals surface area (Å²) >= 11 is 0. The number of carbonyl (C=O) groups is 1.